The van der Waals surface area contributed by atoms with Gasteiger partial charge in [0.1, 0.15) is 0 Å². The van der Waals surface area contributed by atoms with Crippen molar-refractivity contribution in [1.82, 2.24) is 0 Å². The quantitative estimate of drug-likeness (QED) is 0.464. The van der Waals surface area contributed by atoms with Gasteiger partial charge in [0.2, 0.25) is 0 Å². The normalized spacial score (nSPS) is 8.00. The van der Waals surface area contributed by atoms with Crippen molar-refractivity contribution < 1.29 is 0 Å². The van der Waals surface area contributed by atoms with Crippen LogP contribution in [0.1, 0.15) is 0 Å². The molecule has 1 heteroatoms. The van der Waals surface area contributed by atoms with Crippen molar-refractivity contribution >= 4 is 8.19 Å². The molecule has 1 heterocycles. The van der Waals surface area contributed by atoms with Gasteiger partial charge >= 0.3 is 0 Å². The molecule has 0 N–H and O–H groups in total. The van der Waals surface area contributed by atoms with E-state index in [-0.39, 0.29) is 0 Å². The van der Waals surface area contributed by atoms with Crippen molar-refractivity contribution in [2.75, 3.05) is 0 Å². The third-order valence-corrected chi connectivity index (χ3v) is 1.26. The Bertz CT molecular complexity index is 75.9. The molecule has 0 unspecified atom stereocenters. The fourth-order valence-corrected chi connectivity index (χ4v) is 0.810. The Morgan fingerprint density at radius 2 is 1.50 bits per heavy atom. The molecule has 1 aromatic heterocycles. The molecule has 0 spiro atoms. The molecule has 0 aliphatic rings. The topological polar surface area (TPSA) is 0 Å². The van der Waals surface area contributed by atoms with Crippen LogP contribution in [0.5, 0.6) is 0 Å². The van der Waals surface area contributed by atoms with Crippen LogP contribution >= 0.6 is 8.19 Å². The van der Waals surface area contributed by atoms with Crippen LogP contribution in [-0.4, -0.2) is 0 Å². The highest BCUT2D eigenvalue weighted by molar-refractivity contribution is 7.28. The molecule has 0 fully saturated rings. The Balaban J connectivity index is 3.00. The third kappa shape index (κ3) is 0.803. The van der Waals surface area contributed by atoms with Crippen molar-refractivity contribution in [3.8, 4) is 0 Å². The van der Waals surface area contributed by atoms with Gasteiger partial charge in [0.25, 0.3) is 0 Å². The van der Waals surface area contributed by atoms with Crippen molar-refractivity contribution in [3.63, 3.8) is 0 Å². The van der Waals surface area contributed by atoms with Gasteiger partial charge in [-0.1, -0.05) is 26.4 Å². The van der Waals surface area contributed by atoms with E-state index in [0.717, 1.165) is 0 Å². The van der Waals surface area contributed by atoms with Gasteiger partial charge in [0, 0.05) is 0 Å². The number of hydrogen-bond acceptors (Lipinski definition) is 0. The Labute approximate surface area is 38.9 Å². The fourth-order valence-electron chi connectivity index (χ4n) is 0.313. The monoisotopic (exact) mass is 96.0 g/mol. The van der Waals surface area contributed by atoms with Crippen molar-refractivity contribution in [3.05, 3.63) is 29.8 Å². The summed E-state index contributed by atoms with van der Waals surface area (Å²) in [7, 11) is 1.31. The molecule has 1 aromatic rings. The van der Waals surface area contributed by atoms with Crippen molar-refractivity contribution in [1.29, 1.82) is 0 Å². The zero-order chi connectivity index (χ0) is 4.24. The summed E-state index contributed by atoms with van der Waals surface area (Å²) in [6.45, 7) is 0. The van der Waals surface area contributed by atoms with Gasteiger partial charge in [-0.15, -0.1) is 0 Å². The summed E-state index contributed by atoms with van der Waals surface area (Å²) in [5, 5.41) is 0. The second-order valence-electron chi connectivity index (χ2n) is 1.02. The van der Waals surface area contributed by atoms with E-state index >= 15 is 0 Å². The summed E-state index contributed by atoms with van der Waals surface area (Å²) >= 11 is 0. The highest BCUT2D eigenvalue weighted by Gasteiger charge is 1.58. The maximum atomic E-state index is 2.10. The first kappa shape index (κ1) is 3.83. The van der Waals surface area contributed by atoms with Gasteiger partial charge in [0.15, 0.2) is 0 Å². The Hall–Kier alpha value is -0.350. The Morgan fingerprint density at radius 1 is 0.833 bits per heavy atom. The molecule has 6 heavy (non-hydrogen) atoms. The molecule has 0 aromatic carbocycles. The van der Waals surface area contributed by atoms with E-state index in [1.807, 2.05) is 18.2 Å². The van der Waals surface area contributed by atoms with E-state index in [2.05, 4.69) is 11.6 Å². The van der Waals surface area contributed by atoms with E-state index in [1.54, 1.807) is 0 Å². The van der Waals surface area contributed by atoms with Crippen LogP contribution in [0.25, 0.3) is 0 Å². The molecular weight excluding hydrogens is 91.0 g/mol. The molecule has 0 saturated heterocycles. The van der Waals surface area contributed by atoms with Gasteiger partial charge in [-0.3, -0.25) is 0 Å². The van der Waals surface area contributed by atoms with Gasteiger partial charge in [0.05, 0.1) is 0 Å². The average molecular weight is 96.1 g/mol. The lowest BCUT2D eigenvalue weighted by Crippen LogP contribution is -1.39. The lowest BCUT2D eigenvalue weighted by atomic mass is 10.6. The number of hydrogen-bond donors (Lipinski definition) is 0. The molecule has 0 bridgehead atoms. The molecule has 0 aliphatic heterocycles. The molecule has 0 atom stereocenters. The zero-order valence-corrected chi connectivity index (χ0v) is 4.23. The second kappa shape index (κ2) is 1.94. The Morgan fingerprint density at radius 3 is 1.67 bits per heavy atom. The smallest absolute Gasteiger partial charge is 0.0347 e. The maximum absolute atomic E-state index is 2.10. The van der Waals surface area contributed by atoms with Crippen LogP contribution in [0.4, 0.5) is 0 Å². The fraction of sp³-hybridized carbons (Fsp3) is 0. The summed E-state index contributed by atoms with van der Waals surface area (Å²) in [5.41, 5.74) is 0. The van der Waals surface area contributed by atoms with Gasteiger partial charge in [-0.25, -0.2) is 0 Å². The SMILES string of the molecule is c1ccpcc1. The van der Waals surface area contributed by atoms with Gasteiger partial charge in [-0.2, -0.15) is 0 Å². The first-order valence-corrected chi connectivity index (χ1v) is 2.88. The summed E-state index contributed by atoms with van der Waals surface area (Å²) in [4.78, 5) is 0. The van der Waals surface area contributed by atoms with E-state index in [0.29, 0.717) is 0 Å². The average Bonchev–Trinajstić information content (AvgIpc) is 1.72. The zero-order valence-electron chi connectivity index (χ0n) is 3.33. The molecule has 0 radical (unpaired) electrons. The van der Waals surface area contributed by atoms with Crippen molar-refractivity contribution in [2.24, 2.45) is 0 Å². The molecular formula is C5H5P. The van der Waals surface area contributed by atoms with Crippen LogP contribution < -0.4 is 0 Å². The lowest BCUT2D eigenvalue weighted by Gasteiger charge is -1.69. The first-order valence-electron chi connectivity index (χ1n) is 1.85. The first-order chi connectivity index (χ1) is 3.00. The summed E-state index contributed by atoms with van der Waals surface area (Å²) in [5.74, 6) is 4.19. The standard InChI is InChI=1S/C5H5P/c1-2-4-6-5-3-1/h1-5H. The van der Waals surface area contributed by atoms with E-state index in [1.165, 1.54) is 8.19 Å². The summed E-state index contributed by atoms with van der Waals surface area (Å²) in [6.07, 6.45) is 0. The predicted molar refractivity (Wildman–Crippen MR) is 29.0 cm³/mol. The summed E-state index contributed by atoms with van der Waals surface area (Å²) < 4.78 is 0. The van der Waals surface area contributed by atoms with Crippen LogP contribution in [0.3, 0.4) is 0 Å². The van der Waals surface area contributed by atoms with Crippen LogP contribution in [-0.2, 0) is 0 Å². The number of rotatable bonds is 0. The largest absolute Gasteiger partial charge is 0.0765 e. The van der Waals surface area contributed by atoms with Crippen LogP contribution in [0.2, 0.25) is 0 Å². The predicted octanol–water partition coefficient (Wildman–Crippen LogP) is 2.27. The minimum absolute atomic E-state index is 1.31. The van der Waals surface area contributed by atoms with Crippen LogP contribution in [0, 0.1) is 0 Å². The van der Waals surface area contributed by atoms with Gasteiger partial charge < -0.3 is 0 Å². The maximum Gasteiger partial charge on any atom is -0.0347 e. The molecule has 1 rings (SSSR count). The molecule has 0 aliphatic carbocycles. The van der Waals surface area contributed by atoms with Crippen molar-refractivity contribution in [2.45, 2.75) is 0 Å². The molecule has 0 amide bonds. The minimum atomic E-state index is 1.31. The van der Waals surface area contributed by atoms with Crippen LogP contribution in [0.15, 0.2) is 29.8 Å². The van der Waals surface area contributed by atoms with Gasteiger partial charge in [-0.05, 0) is 11.6 Å². The molecule has 30 valence electrons. The third-order valence-electron chi connectivity index (χ3n) is 0.566. The van der Waals surface area contributed by atoms with E-state index < -0.39 is 0 Å². The minimum Gasteiger partial charge on any atom is -0.0765 e. The van der Waals surface area contributed by atoms with E-state index in [9.17, 15) is 0 Å². The lowest BCUT2D eigenvalue weighted by molar-refractivity contribution is 1.89. The second-order valence-corrected chi connectivity index (χ2v) is 1.92. The summed E-state index contributed by atoms with van der Waals surface area (Å²) in [6, 6.07) is 6.11. The highest BCUT2D eigenvalue weighted by atomic mass is 31.0. The molecule has 0 nitrogen and oxygen atoms in total. The Kier molecular flexibility index (Phi) is 1.24. The van der Waals surface area contributed by atoms with E-state index in [4.69, 9.17) is 0 Å². The highest BCUT2D eigenvalue weighted by Crippen LogP contribution is 1.98. The molecule has 0 saturated carbocycles.